The third kappa shape index (κ3) is 4.94. The van der Waals surface area contributed by atoms with Crippen molar-refractivity contribution in [2.24, 2.45) is 0 Å². The topological polar surface area (TPSA) is 3.24 Å². The molecule has 3 heteroatoms. The molecule has 0 aromatic rings. The van der Waals surface area contributed by atoms with E-state index in [0.717, 1.165) is 23.0 Å². The number of rotatable bonds is 6. The predicted octanol–water partition coefficient (Wildman–Crippen LogP) is 9.24. The minimum atomic E-state index is -1.13. The van der Waals surface area contributed by atoms with Gasteiger partial charge in [-0.3, -0.25) is 0 Å². The largest absolute Gasteiger partial charge is 0.344 e. The Morgan fingerprint density at radius 1 is 0.531 bits per heavy atom. The van der Waals surface area contributed by atoms with Crippen molar-refractivity contribution < 1.29 is 0 Å². The fraction of sp³-hybridized carbons (Fsp3) is 0.931. The van der Waals surface area contributed by atoms with E-state index in [1.165, 1.54) is 51.3 Å². The highest BCUT2D eigenvalue weighted by molar-refractivity contribution is 7.77. The van der Waals surface area contributed by atoms with E-state index in [4.69, 9.17) is 0 Å². The lowest BCUT2D eigenvalue weighted by Gasteiger charge is -2.62. The second-order valence-corrected chi connectivity index (χ2v) is 16.9. The smallest absolute Gasteiger partial charge is 0.0947 e. The third-order valence-corrected chi connectivity index (χ3v) is 17.5. The summed E-state index contributed by atoms with van der Waals surface area (Å²) in [7, 11) is -1.13. The summed E-state index contributed by atoms with van der Waals surface area (Å²) in [4.78, 5) is 0. The molecule has 32 heavy (non-hydrogen) atoms. The van der Waals surface area contributed by atoms with E-state index >= 15 is 0 Å². The quantitative estimate of drug-likeness (QED) is 0.218. The van der Waals surface area contributed by atoms with E-state index in [2.05, 4.69) is 16.7 Å². The maximum Gasteiger partial charge on any atom is 0.0947 e. The zero-order valence-corrected chi connectivity index (χ0v) is 22.2. The van der Waals surface area contributed by atoms with Crippen LogP contribution in [-0.2, 0) is 0 Å². The third-order valence-electron chi connectivity index (χ3n) is 10.8. The zero-order chi connectivity index (χ0) is 21.6. The summed E-state index contributed by atoms with van der Waals surface area (Å²) in [6.45, 7) is -0.157. The molecule has 4 saturated carbocycles. The summed E-state index contributed by atoms with van der Waals surface area (Å²) < 4.78 is 3.62. The summed E-state index contributed by atoms with van der Waals surface area (Å²) in [5.41, 5.74) is 3.38. The molecule has 0 radical (unpaired) electrons. The van der Waals surface area contributed by atoms with Crippen molar-refractivity contribution in [3.63, 3.8) is 0 Å². The first kappa shape index (κ1) is 23.9. The summed E-state index contributed by atoms with van der Waals surface area (Å²) in [6.07, 6.45) is 40.9. The highest BCUT2D eigenvalue weighted by Gasteiger charge is 2.60. The van der Waals surface area contributed by atoms with Gasteiger partial charge in [0, 0.05) is 6.04 Å². The summed E-state index contributed by atoms with van der Waals surface area (Å²) in [5.74, 6) is 0. The van der Waals surface area contributed by atoms with Gasteiger partial charge in [0.15, 0.2) is 0 Å². The van der Waals surface area contributed by atoms with Gasteiger partial charge in [0.2, 0.25) is 0 Å². The van der Waals surface area contributed by atoms with Crippen molar-refractivity contribution in [1.82, 2.24) is 4.58 Å². The maximum atomic E-state index is 3.62. The van der Waals surface area contributed by atoms with Crippen LogP contribution in [0.15, 0.2) is 12.2 Å². The molecule has 4 fully saturated rings. The summed E-state index contributed by atoms with van der Waals surface area (Å²) in [5, 5.41) is 0. The molecular weight excluding hydrogens is 404 g/mol. The molecule has 1 nitrogen and oxygen atoms in total. The zero-order valence-electron chi connectivity index (χ0n) is 21.3. The molecule has 0 bridgehead atoms. The molecule has 0 spiro atoms. The van der Waals surface area contributed by atoms with Gasteiger partial charge in [-0.2, -0.15) is 6.32 Å². The molecule has 0 N–H and O–H groups in total. The van der Waals surface area contributed by atoms with E-state index in [1.54, 1.807) is 96.2 Å². The first-order valence-corrected chi connectivity index (χ1v) is 17.4. The minimum Gasteiger partial charge on any atom is -0.344 e. The van der Waals surface area contributed by atoms with Crippen LogP contribution in [0.3, 0.4) is 0 Å². The second-order valence-electron chi connectivity index (χ2n) is 12.6. The van der Waals surface area contributed by atoms with Crippen LogP contribution < -0.4 is 0 Å². The molecule has 1 aliphatic heterocycles. The van der Waals surface area contributed by atoms with Crippen molar-refractivity contribution in [3.05, 3.63) is 12.2 Å². The van der Waals surface area contributed by atoms with Gasteiger partial charge < -0.3 is 4.58 Å². The Labute approximate surface area is 201 Å². The average Bonchev–Trinajstić information content (AvgIpc) is 2.90. The molecule has 5 aliphatic rings. The van der Waals surface area contributed by atoms with Crippen LogP contribution in [-0.4, -0.2) is 34.4 Å². The van der Waals surface area contributed by atoms with Gasteiger partial charge in [-0.1, -0.05) is 51.0 Å². The molecular formula is C29H53BNP. The van der Waals surface area contributed by atoms with Gasteiger partial charge in [-0.05, 0) is 89.9 Å². The molecule has 4 aliphatic carbocycles. The maximum absolute atomic E-state index is 3.62. The normalized spacial score (nSPS) is 30.7. The van der Waals surface area contributed by atoms with E-state index in [0.29, 0.717) is 0 Å². The SMILES string of the molecule is C1=CC[BH-](N(C2CCCCC2)[P+](C2CCCCC2)(C2CCCCC2)C2CCCCC2)CC1. The highest BCUT2D eigenvalue weighted by Crippen LogP contribution is 2.80. The Hall–Kier alpha value is 0.195. The average molecular weight is 458 g/mol. The summed E-state index contributed by atoms with van der Waals surface area (Å²) in [6, 6.07) is 0.981. The molecule has 1 atom stereocenters. The van der Waals surface area contributed by atoms with Crippen LogP contribution in [0.5, 0.6) is 0 Å². The molecule has 1 unspecified atom stereocenters. The first-order valence-electron chi connectivity index (χ1n) is 15.5. The lowest BCUT2D eigenvalue weighted by Crippen LogP contribution is -2.55. The first-order chi connectivity index (χ1) is 15.9. The second kappa shape index (κ2) is 11.8. The molecule has 0 aromatic carbocycles. The number of hydrogen-bond acceptors (Lipinski definition) is 1. The number of allylic oxidation sites excluding steroid dienone is 2. The Kier molecular flexibility index (Phi) is 8.78. The highest BCUT2D eigenvalue weighted by atomic mass is 31.2. The van der Waals surface area contributed by atoms with Crippen LogP contribution in [0, 0.1) is 0 Å². The molecule has 0 amide bonds. The van der Waals surface area contributed by atoms with Gasteiger partial charge in [-0.15, -0.1) is 12.4 Å². The Morgan fingerprint density at radius 2 is 0.969 bits per heavy atom. The summed E-state index contributed by atoms with van der Waals surface area (Å²) >= 11 is 0. The molecule has 0 aromatic heterocycles. The lowest BCUT2D eigenvalue weighted by atomic mass is 9.52. The lowest BCUT2D eigenvalue weighted by molar-refractivity contribution is 0.318. The van der Waals surface area contributed by atoms with Gasteiger partial charge >= 0.3 is 0 Å². The van der Waals surface area contributed by atoms with E-state index in [1.807, 2.05) is 0 Å². The fourth-order valence-electron chi connectivity index (χ4n) is 9.60. The number of nitrogens with zero attached hydrogens (tertiary/aromatic N) is 1. The van der Waals surface area contributed by atoms with E-state index in [-0.39, 0.29) is 6.85 Å². The van der Waals surface area contributed by atoms with Crippen LogP contribution in [0.2, 0.25) is 12.6 Å². The molecule has 5 rings (SSSR count). The van der Waals surface area contributed by atoms with Crippen molar-refractivity contribution >= 4 is 14.3 Å². The van der Waals surface area contributed by atoms with Gasteiger partial charge in [0.1, 0.15) is 0 Å². The van der Waals surface area contributed by atoms with Crippen LogP contribution in [0.4, 0.5) is 0 Å². The van der Waals surface area contributed by atoms with Crippen molar-refractivity contribution in [2.45, 2.75) is 170 Å². The van der Waals surface area contributed by atoms with Crippen LogP contribution >= 0.6 is 7.41 Å². The van der Waals surface area contributed by atoms with Gasteiger partial charge in [0.25, 0.3) is 0 Å². The minimum absolute atomic E-state index is 0.157. The van der Waals surface area contributed by atoms with Crippen molar-refractivity contribution in [1.29, 1.82) is 0 Å². The van der Waals surface area contributed by atoms with Gasteiger partial charge in [-0.25, -0.2) is 0 Å². The Bertz CT molecular complexity index is 536. The van der Waals surface area contributed by atoms with E-state index < -0.39 is 7.41 Å². The van der Waals surface area contributed by atoms with Gasteiger partial charge in [0.05, 0.1) is 31.2 Å². The Balaban J connectivity index is 1.61. The van der Waals surface area contributed by atoms with Crippen molar-refractivity contribution in [2.75, 3.05) is 0 Å². The monoisotopic (exact) mass is 457 g/mol. The van der Waals surface area contributed by atoms with E-state index in [9.17, 15) is 0 Å². The molecule has 182 valence electrons. The molecule has 0 saturated heterocycles. The Morgan fingerprint density at radius 3 is 1.38 bits per heavy atom. The predicted molar refractivity (Wildman–Crippen MR) is 147 cm³/mol. The van der Waals surface area contributed by atoms with Crippen LogP contribution in [0.1, 0.15) is 135 Å². The number of hydrogen-bond donors (Lipinski definition) is 0. The fourth-order valence-corrected chi connectivity index (χ4v) is 18.0. The van der Waals surface area contributed by atoms with Crippen LogP contribution in [0.25, 0.3) is 0 Å². The van der Waals surface area contributed by atoms with Crippen molar-refractivity contribution in [3.8, 4) is 0 Å². The molecule has 1 heterocycles. The standard InChI is InChI=1S/C29H53BNP/c1-6-16-26(17-7-1)31(30-24-14-5-15-25-30)32(27-18-8-2-9-19-27,28-20-10-3-11-21-28)29-22-12-4-13-23-29/h5,14,26-30H,1-4,6-13,15-25H2.